The molecule has 254 valence electrons. The summed E-state index contributed by atoms with van der Waals surface area (Å²) in [5.74, 6) is -1.29. The van der Waals surface area contributed by atoms with Gasteiger partial charge in [-0.2, -0.15) is 13.6 Å². The zero-order chi connectivity index (χ0) is 34.3. The van der Waals surface area contributed by atoms with Crippen LogP contribution in [0.25, 0.3) is 0 Å². The Bertz CT molecular complexity index is 1830. The molecule has 16 nitrogen and oxygen atoms in total. The fraction of sp³-hybridized carbons (Fsp3) is 0.387. The Kier molecular flexibility index (Phi) is 10.8. The van der Waals surface area contributed by atoms with Crippen LogP contribution in [0.3, 0.4) is 0 Å². The van der Waals surface area contributed by atoms with Gasteiger partial charge in [0.15, 0.2) is 11.6 Å². The number of ether oxygens (including phenoxy) is 1. The molecule has 2 aromatic carbocycles. The van der Waals surface area contributed by atoms with Crippen molar-refractivity contribution < 1.29 is 37.2 Å². The van der Waals surface area contributed by atoms with E-state index in [1.807, 2.05) is 12.1 Å². The average molecular weight is 681 g/mol. The number of carbonyl (C=O) groups excluding carboxylic acids is 2. The zero-order valence-corrected chi connectivity index (χ0v) is 26.9. The van der Waals surface area contributed by atoms with E-state index >= 15 is 0 Å². The number of aliphatic carboxylic acids is 1. The molecule has 1 aliphatic rings. The van der Waals surface area contributed by atoms with Crippen LogP contribution in [0, 0.1) is 0 Å². The van der Waals surface area contributed by atoms with Gasteiger partial charge in [-0.15, -0.1) is 10.2 Å². The van der Waals surface area contributed by atoms with Gasteiger partial charge in [-0.25, -0.2) is 9.78 Å². The van der Waals surface area contributed by atoms with Crippen molar-refractivity contribution in [2.24, 2.45) is 0 Å². The lowest BCUT2D eigenvalue weighted by Gasteiger charge is -2.27. The molecule has 0 saturated carbocycles. The molecule has 3 atom stereocenters. The molecule has 2 amide bonds. The fourth-order valence-electron chi connectivity index (χ4n) is 5.67. The van der Waals surface area contributed by atoms with Crippen LogP contribution in [0.15, 0.2) is 66.0 Å². The molecule has 4 aromatic rings. The second kappa shape index (κ2) is 15.2. The third-order valence-electron chi connectivity index (χ3n) is 8.04. The Morgan fingerprint density at radius 3 is 2.56 bits per heavy atom. The van der Waals surface area contributed by atoms with Gasteiger partial charge < -0.3 is 24.6 Å². The van der Waals surface area contributed by atoms with E-state index in [-0.39, 0.29) is 24.3 Å². The molecule has 3 heterocycles. The van der Waals surface area contributed by atoms with E-state index in [0.29, 0.717) is 30.8 Å². The molecule has 0 unspecified atom stereocenters. The number of nitrogens with zero attached hydrogens (tertiary/aromatic N) is 6. The van der Waals surface area contributed by atoms with Gasteiger partial charge in [-0.05, 0) is 36.2 Å². The number of nitrogens with one attached hydrogen (secondary N) is 2. The summed E-state index contributed by atoms with van der Waals surface area (Å²) in [6, 6.07) is 10.5. The number of amides is 2. The van der Waals surface area contributed by atoms with Crippen molar-refractivity contribution in [1.82, 2.24) is 35.1 Å². The Morgan fingerprint density at radius 1 is 1.10 bits per heavy atom. The highest BCUT2D eigenvalue weighted by molar-refractivity contribution is 7.86. The monoisotopic (exact) mass is 680 g/mol. The smallest absolute Gasteiger partial charge is 0.326 e. The van der Waals surface area contributed by atoms with Crippen LogP contribution in [0.1, 0.15) is 73.2 Å². The van der Waals surface area contributed by atoms with Crippen LogP contribution in [0.2, 0.25) is 0 Å². The maximum atomic E-state index is 14.1. The van der Waals surface area contributed by atoms with E-state index in [1.165, 1.54) is 40.2 Å². The summed E-state index contributed by atoms with van der Waals surface area (Å²) in [4.78, 5) is 44.3. The molecule has 17 heteroatoms. The second-order valence-electron chi connectivity index (χ2n) is 11.5. The molecule has 0 aliphatic carbocycles. The Morgan fingerprint density at radius 2 is 1.88 bits per heavy atom. The fourth-order valence-corrected chi connectivity index (χ4v) is 6.36. The number of unbranched alkanes of at least 4 members (excludes halogenated alkanes) is 3. The molecule has 48 heavy (non-hydrogen) atoms. The average Bonchev–Trinajstić information content (AvgIpc) is 3.84. The number of aromatic amines is 1. The van der Waals surface area contributed by atoms with Gasteiger partial charge in [0.05, 0.1) is 18.4 Å². The number of H-pyrrole nitrogens is 1. The lowest BCUT2D eigenvalue weighted by atomic mass is 10.1. The number of imidazole rings is 1. The van der Waals surface area contributed by atoms with Crippen molar-refractivity contribution in [3.8, 4) is 5.75 Å². The number of likely N-dealkylation sites (tertiary alicyclic amines) is 1. The van der Waals surface area contributed by atoms with E-state index in [4.69, 9.17) is 4.74 Å². The van der Waals surface area contributed by atoms with Crippen LogP contribution in [-0.4, -0.2) is 89.6 Å². The highest BCUT2D eigenvalue weighted by Crippen LogP contribution is 2.29. The summed E-state index contributed by atoms with van der Waals surface area (Å²) in [5.41, 5.74) is 0.649. The van der Waals surface area contributed by atoms with Gasteiger partial charge in [0.1, 0.15) is 28.8 Å². The van der Waals surface area contributed by atoms with Crippen molar-refractivity contribution in [3.63, 3.8) is 0 Å². The second-order valence-corrected chi connectivity index (χ2v) is 12.9. The lowest BCUT2D eigenvalue weighted by molar-refractivity contribution is -0.149. The van der Waals surface area contributed by atoms with Crippen LogP contribution in [0.5, 0.6) is 5.75 Å². The molecular formula is C31H36N8O8S. The first-order valence-electron chi connectivity index (χ1n) is 15.5. The molecule has 1 fully saturated rings. The van der Waals surface area contributed by atoms with E-state index in [9.17, 15) is 32.5 Å². The number of hydrogen-bond donors (Lipinski definition) is 4. The van der Waals surface area contributed by atoms with Gasteiger partial charge in [0, 0.05) is 19.0 Å². The summed E-state index contributed by atoms with van der Waals surface area (Å²) in [6.07, 6.45) is 6.68. The first kappa shape index (κ1) is 34.2. The zero-order valence-electron chi connectivity index (χ0n) is 26.1. The number of tetrazole rings is 1. The predicted octanol–water partition coefficient (Wildman–Crippen LogP) is 3.13. The number of benzene rings is 2. The maximum Gasteiger partial charge on any atom is 0.326 e. The van der Waals surface area contributed by atoms with Gasteiger partial charge in [0.2, 0.25) is 5.91 Å². The topological polar surface area (TPSA) is 223 Å². The molecule has 0 spiro atoms. The van der Waals surface area contributed by atoms with Crippen molar-refractivity contribution in [2.75, 3.05) is 11.9 Å². The minimum atomic E-state index is -4.67. The molecule has 2 aromatic heterocycles. The van der Waals surface area contributed by atoms with Crippen LogP contribution >= 0.6 is 0 Å². The Labute approximate surface area is 276 Å². The maximum absolute atomic E-state index is 14.1. The molecule has 4 N–H and O–H groups in total. The van der Waals surface area contributed by atoms with E-state index in [0.717, 1.165) is 30.9 Å². The summed E-state index contributed by atoms with van der Waals surface area (Å²) < 4.78 is 40.7. The molecular weight excluding hydrogens is 644 g/mol. The predicted molar refractivity (Wildman–Crippen MR) is 170 cm³/mol. The summed E-state index contributed by atoms with van der Waals surface area (Å²) in [5, 5.41) is 26.4. The third kappa shape index (κ3) is 8.40. The molecule has 1 aliphatic heterocycles. The summed E-state index contributed by atoms with van der Waals surface area (Å²) >= 11 is 0. The van der Waals surface area contributed by atoms with Crippen LogP contribution < -0.4 is 10.1 Å². The number of aromatic nitrogens is 6. The molecule has 0 bridgehead atoms. The van der Waals surface area contributed by atoms with Crippen molar-refractivity contribution in [2.45, 2.75) is 75.0 Å². The van der Waals surface area contributed by atoms with E-state index in [1.54, 1.807) is 12.1 Å². The summed E-state index contributed by atoms with van der Waals surface area (Å²) in [6.45, 7) is 2.12. The van der Waals surface area contributed by atoms with E-state index < -0.39 is 51.0 Å². The highest BCUT2D eigenvalue weighted by Gasteiger charge is 2.43. The lowest BCUT2D eigenvalue weighted by Crippen LogP contribution is -2.44. The Balaban J connectivity index is 1.31. The highest BCUT2D eigenvalue weighted by atomic mass is 32.2. The largest absolute Gasteiger partial charge is 0.488 e. The van der Waals surface area contributed by atoms with E-state index in [2.05, 4.69) is 37.8 Å². The number of carbonyl (C=O) groups is 3. The van der Waals surface area contributed by atoms with Crippen molar-refractivity contribution in [3.05, 3.63) is 78.0 Å². The molecule has 0 radical (unpaired) electrons. The van der Waals surface area contributed by atoms with Gasteiger partial charge in [-0.1, -0.05) is 62.1 Å². The number of hydrogen-bond acceptors (Lipinski definition) is 10. The molecule has 1 saturated heterocycles. The SMILES string of the molecule is CCCCCC[C@H](C(=O)N1C[C@@H](Oc2ccc(Cc3nn[nH]n3)cc2)C[C@H]1C(=O)O)n1cnc(NC(=O)c2ccccc2S(=O)(=O)O)c1. The molecule has 5 rings (SSSR count). The van der Waals surface area contributed by atoms with Gasteiger partial charge in [0.25, 0.3) is 16.0 Å². The minimum Gasteiger partial charge on any atom is -0.488 e. The van der Waals surface area contributed by atoms with Gasteiger partial charge >= 0.3 is 5.97 Å². The van der Waals surface area contributed by atoms with Crippen LogP contribution in [-0.2, 0) is 26.1 Å². The normalized spacial score (nSPS) is 16.8. The minimum absolute atomic E-state index is 0.0386. The quantitative estimate of drug-likeness (QED) is 0.105. The standard InChI is InChI=1S/C31H36N8O8S/c1-2-3-4-5-9-24(38-18-28(32-19-38)33-29(40)23-8-6-7-10-26(23)48(44,45)46)30(41)39-17-22(16-25(39)31(42)43)47-21-13-11-20(12-14-21)15-27-34-36-37-35-27/h6-8,10-14,18-19,22,24-25H,2-5,9,15-17H2,1H3,(H,33,40)(H,42,43)(H,44,45,46)(H,34,35,36,37)/t22-,24+,25-/m0/s1. The number of carboxylic acids is 1. The number of carboxylic acid groups (broad SMARTS) is 1. The van der Waals surface area contributed by atoms with Crippen molar-refractivity contribution >= 4 is 33.7 Å². The van der Waals surface area contributed by atoms with Crippen LogP contribution in [0.4, 0.5) is 5.82 Å². The van der Waals surface area contributed by atoms with Gasteiger partial charge in [-0.3, -0.25) is 14.1 Å². The number of rotatable bonds is 15. The van der Waals surface area contributed by atoms with Crippen molar-refractivity contribution in [1.29, 1.82) is 0 Å². The first-order valence-corrected chi connectivity index (χ1v) is 16.9. The first-order chi connectivity index (χ1) is 23.0. The summed E-state index contributed by atoms with van der Waals surface area (Å²) in [7, 11) is -4.67. The number of anilines is 1. The Hall–Kier alpha value is -5.16. The third-order valence-corrected chi connectivity index (χ3v) is 8.95.